The van der Waals surface area contributed by atoms with Gasteiger partial charge in [-0.25, -0.2) is 14.6 Å². The Morgan fingerprint density at radius 1 is 1.17 bits per heavy atom. The molecule has 0 radical (unpaired) electrons. The van der Waals surface area contributed by atoms with E-state index < -0.39 is 12.1 Å². The number of hydrogen-bond donors (Lipinski definition) is 1. The highest BCUT2D eigenvalue weighted by atomic mass is 19.4. The first-order valence-corrected chi connectivity index (χ1v) is 12.3. The molecule has 0 saturated heterocycles. The number of carbonyl (C=O) groups is 1. The highest BCUT2D eigenvalue weighted by Crippen LogP contribution is 2.35. The van der Waals surface area contributed by atoms with Crippen molar-refractivity contribution in [2.45, 2.75) is 70.9 Å². The lowest BCUT2D eigenvalue weighted by Crippen LogP contribution is -2.32. The van der Waals surface area contributed by atoms with E-state index in [2.05, 4.69) is 20.4 Å². The first kappa shape index (κ1) is 24.5. The fourth-order valence-electron chi connectivity index (χ4n) is 4.96. The summed E-state index contributed by atoms with van der Waals surface area (Å²) in [7, 11) is 1.68. The van der Waals surface area contributed by atoms with Crippen molar-refractivity contribution in [3.05, 3.63) is 52.9 Å². The van der Waals surface area contributed by atoms with Crippen molar-refractivity contribution in [3.63, 3.8) is 0 Å². The Morgan fingerprint density at radius 2 is 1.94 bits per heavy atom. The molecule has 36 heavy (non-hydrogen) atoms. The maximum absolute atomic E-state index is 13.1. The summed E-state index contributed by atoms with van der Waals surface area (Å²) in [6.45, 7) is 3.14. The molecule has 4 heterocycles. The Bertz CT molecular complexity index is 1250. The lowest BCUT2D eigenvalue weighted by Gasteiger charge is -2.24. The maximum Gasteiger partial charge on any atom is 0.392 e. The highest BCUT2D eigenvalue weighted by Gasteiger charge is 2.42. The number of rotatable bonds is 6. The standard InChI is InChI=1S/C25H29F3N6O2/c1-3-19-22(33-14-18(36-2)8-9-20(33)30-19)24(35)29-13-15-4-6-16(7-5-15)23-31-21-12-17(25(26,27)28)10-11-34(21)32-23/h4-7,17-18H,3,8-14H2,1-2H3,(H,29,35)/t17-,18+/m1/s1. The molecule has 192 valence electrons. The van der Waals surface area contributed by atoms with Crippen molar-refractivity contribution in [1.82, 2.24) is 29.6 Å². The monoisotopic (exact) mass is 502 g/mol. The van der Waals surface area contributed by atoms with E-state index in [1.807, 2.05) is 35.8 Å². The largest absolute Gasteiger partial charge is 0.392 e. The smallest absolute Gasteiger partial charge is 0.380 e. The number of aryl methyl sites for hydroxylation is 3. The Labute approximate surface area is 206 Å². The van der Waals surface area contributed by atoms with E-state index in [0.717, 1.165) is 35.5 Å². The molecule has 2 aliphatic heterocycles. The summed E-state index contributed by atoms with van der Waals surface area (Å²) in [5.74, 6) is 0.152. The molecule has 0 fully saturated rings. The average molecular weight is 503 g/mol. The SMILES string of the molecule is CCc1nc2n(c1C(=O)NCc1ccc(-c3nc4n(n3)CC[C@@H](C(F)(F)F)C4)cc1)C[C@@H](OC)CC2. The highest BCUT2D eigenvalue weighted by molar-refractivity contribution is 5.94. The number of ether oxygens (including phenoxy) is 1. The predicted octanol–water partition coefficient (Wildman–Crippen LogP) is 3.72. The van der Waals surface area contributed by atoms with Crippen LogP contribution in [-0.4, -0.2) is 49.6 Å². The van der Waals surface area contributed by atoms with Gasteiger partial charge in [-0.15, -0.1) is 0 Å². The van der Waals surface area contributed by atoms with Gasteiger partial charge >= 0.3 is 6.18 Å². The van der Waals surface area contributed by atoms with E-state index in [0.29, 0.717) is 36.9 Å². The van der Waals surface area contributed by atoms with E-state index in [-0.39, 0.29) is 31.4 Å². The van der Waals surface area contributed by atoms with Gasteiger partial charge in [-0.3, -0.25) is 4.79 Å². The number of imidazole rings is 1. The molecule has 2 aliphatic rings. The summed E-state index contributed by atoms with van der Waals surface area (Å²) in [5, 5.41) is 7.39. The number of methoxy groups -OCH3 is 1. The van der Waals surface area contributed by atoms with Crippen molar-refractivity contribution < 1.29 is 22.7 Å². The van der Waals surface area contributed by atoms with Crippen molar-refractivity contribution in [3.8, 4) is 11.4 Å². The van der Waals surface area contributed by atoms with Crippen LogP contribution < -0.4 is 5.32 Å². The van der Waals surface area contributed by atoms with Crippen LogP contribution >= 0.6 is 0 Å². The van der Waals surface area contributed by atoms with Crippen LogP contribution in [0.25, 0.3) is 11.4 Å². The van der Waals surface area contributed by atoms with Crippen LogP contribution in [0.3, 0.4) is 0 Å². The first-order valence-electron chi connectivity index (χ1n) is 12.3. The number of benzene rings is 1. The summed E-state index contributed by atoms with van der Waals surface area (Å²) in [6, 6.07) is 7.38. The van der Waals surface area contributed by atoms with Crippen LogP contribution in [0.1, 0.15) is 53.2 Å². The Morgan fingerprint density at radius 3 is 2.64 bits per heavy atom. The van der Waals surface area contributed by atoms with Crippen LogP contribution in [0.4, 0.5) is 13.2 Å². The number of fused-ring (bicyclic) bond motifs is 2. The lowest BCUT2D eigenvalue weighted by molar-refractivity contribution is -0.179. The molecular weight excluding hydrogens is 473 g/mol. The van der Waals surface area contributed by atoms with Gasteiger partial charge in [0.25, 0.3) is 5.91 Å². The van der Waals surface area contributed by atoms with Crippen molar-refractivity contribution >= 4 is 5.91 Å². The van der Waals surface area contributed by atoms with Gasteiger partial charge in [0.15, 0.2) is 5.82 Å². The number of nitrogens with zero attached hydrogens (tertiary/aromatic N) is 5. The average Bonchev–Trinajstić information content (AvgIpc) is 3.47. The molecule has 1 aromatic carbocycles. The summed E-state index contributed by atoms with van der Waals surface area (Å²) in [5.41, 5.74) is 2.99. The van der Waals surface area contributed by atoms with Crippen molar-refractivity contribution in [2.75, 3.05) is 7.11 Å². The van der Waals surface area contributed by atoms with E-state index in [1.165, 1.54) is 0 Å². The van der Waals surface area contributed by atoms with E-state index in [9.17, 15) is 18.0 Å². The molecule has 5 rings (SSSR count). The molecular formula is C25H29F3N6O2. The maximum atomic E-state index is 13.1. The molecule has 0 bridgehead atoms. The Balaban J connectivity index is 1.25. The molecule has 11 heteroatoms. The number of halogens is 3. The van der Waals surface area contributed by atoms with E-state index in [4.69, 9.17) is 4.74 Å². The van der Waals surface area contributed by atoms with Gasteiger partial charge < -0.3 is 14.6 Å². The molecule has 0 spiro atoms. The minimum Gasteiger partial charge on any atom is -0.380 e. The summed E-state index contributed by atoms with van der Waals surface area (Å²) in [6.07, 6.45) is -1.95. The van der Waals surface area contributed by atoms with Crippen LogP contribution in [-0.2, 0) is 43.6 Å². The number of alkyl halides is 3. The second-order valence-corrected chi connectivity index (χ2v) is 9.37. The predicted molar refractivity (Wildman–Crippen MR) is 125 cm³/mol. The molecule has 2 atom stereocenters. The topological polar surface area (TPSA) is 86.9 Å². The number of aromatic nitrogens is 5. The fraction of sp³-hybridized carbons (Fsp3) is 0.520. The molecule has 8 nitrogen and oxygen atoms in total. The third-order valence-electron chi connectivity index (χ3n) is 7.07. The summed E-state index contributed by atoms with van der Waals surface area (Å²) in [4.78, 5) is 22.1. The fourth-order valence-corrected chi connectivity index (χ4v) is 4.96. The zero-order chi connectivity index (χ0) is 25.4. The second kappa shape index (κ2) is 9.68. The second-order valence-electron chi connectivity index (χ2n) is 9.37. The number of nitrogens with one attached hydrogen (secondary N) is 1. The molecule has 0 aliphatic carbocycles. The van der Waals surface area contributed by atoms with Gasteiger partial charge in [0, 0.05) is 38.6 Å². The lowest BCUT2D eigenvalue weighted by atomic mass is 9.98. The third-order valence-corrected chi connectivity index (χ3v) is 7.07. The molecule has 0 saturated carbocycles. The van der Waals surface area contributed by atoms with Gasteiger partial charge in [0.05, 0.1) is 24.3 Å². The minimum atomic E-state index is -4.22. The van der Waals surface area contributed by atoms with Gasteiger partial charge in [-0.2, -0.15) is 18.3 Å². The van der Waals surface area contributed by atoms with Crippen LogP contribution in [0.2, 0.25) is 0 Å². The summed E-state index contributed by atoms with van der Waals surface area (Å²) >= 11 is 0. The first-order chi connectivity index (χ1) is 17.3. The molecule has 1 amide bonds. The quantitative estimate of drug-likeness (QED) is 0.555. The Hall–Kier alpha value is -3.21. The molecule has 2 aromatic heterocycles. The van der Waals surface area contributed by atoms with Crippen molar-refractivity contribution in [2.24, 2.45) is 5.92 Å². The number of carbonyl (C=O) groups excluding carboxylic acids is 1. The van der Waals surface area contributed by atoms with Crippen LogP contribution in [0, 0.1) is 5.92 Å². The molecule has 0 unspecified atom stereocenters. The molecule has 1 N–H and O–H groups in total. The van der Waals surface area contributed by atoms with Gasteiger partial charge in [-0.1, -0.05) is 31.2 Å². The Kier molecular flexibility index (Phi) is 6.59. The van der Waals surface area contributed by atoms with E-state index >= 15 is 0 Å². The van der Waals surface area contributed by atoms with Gasteiger partial charge in [-0.05, 0) is 24.8 Å². The van der Waals surface area contributed by atoms with Gasteiger partial charge in [0.1, 0.15) is 17.3 Å². The van der Waals surface area contributed by atoms with Crippen LogP contribution in [0.5, 0.6) is 0 Å². The zero-order valence-corrected chi connectivity index (χ0v) is 20.3. The third kappa shape index (κ3) is 4.76. The number of amides is 1. The minimum absolute atomic E-state index is 0.0181. The van der Waals surface area contributed by atoms with Crippen molar-refractivity contribution in [1.29, 1.82) is 0 Å². The van der Waals surface area contributed by atoms with E-state index in [1.54, 1.807) is 11.8 Å². The summed E-state index contributed by atoms with van der Waals surface area (Å²) < 4.78 is 48.3. The normalized spacial score (nSPS) is 19.6. The molecule has 3 aromatic rings. The number of hydrogen-bond acceptors (Lipinski definition) is 5. The van der Waals surface area contributed by atoms with Crippen LogP contribution in [0.15, 0.2) is 24.3 Å². The zero-order valence-electron chi connectivity index (χ0n) is 20.3. The van der Waals surface area contributed by atoms with Gasteiger partial charge in [0.2, 0.25) is 0 Å².